The number of likely N-dealkylation sites (N-methyl/N-ethyl adjacent to an activating group) is 1. The molecule has 0 radical (unpaired) electrons. The number of hydrogen-bond acceptors (Lipinski definition) is 5. The van der Waals surface area contributed by atoms with Gasteiger partial charge in [0.25, 0.3) is 10.0 Å². The van der Waals surface area contributed by atoms with Crippen molar-refractivity contribution in [1.29, 1.82) is 0 Å². The van der Waals surface area contributed by atoms with Crippen LogP contribution in [0.5, 0.6) is 0 Å². The van der Waals surface area contributed by atoms with Crippen LogP contribution in [-0.2, 0) is 14.8 Å². The van der Waals surface area contributed by atoms with Crippen LogP contribution >= 0.6 is 22.9 Å². The van der Waals surface area contributed by atoms with Crippen molar-refractivity contribution in [2.75, 3.05) is 20.8 Å². The molecule has 8 heteroatoms. The number of halogens is 1. The van der Waals surface area contributed by atoms with Crippen molar-refractivity contribution in [2.24, 2.45) is 0 Å². The van der Waals surface area contributed by atoms with Crippen molar-refractivity contribution in [1.82, 2.24) is 9.29 Å². The SMILES string of the molecule is COCC(C)N(C)S(=O)(=O)c1sc(Cl)nc1C. The van der Waals surface area contributed by atoms with Gasteiger partial charge in [0.2, 0.25) is 0 Å². The zero-order valence-corrected chi connectivity index (χ0v) is 12.5. The summed E-state index contributed by atoms with van der Waals surface area (Å²) in [4.78, 5) is 3.91. The number of hydrogen-bond donors (Lipinski definition) is 0. The second kappa shape index (κ2) is 5.62. The van der Waals surface area contributed by atoms with Gasteiger partial charge in [0.05, 0.1) is 12.3 Å². The average molecular weight is 299 g/mol. The third-order valence-electron chi connectivity index (χ3n) is 2.37. The number of rotatable bonds is 5. The lowest BCUT2D eigenvalue weighted by Crippen LogP contribution is -2.37. The van der Waals surface area contributed by atoms with E-state index in [0.717, 1.165) is 11.3 Å². The van der Waals surface area contributed by atoms with Crippen LogP contribution < -0.4 is 0 Å². The van der Waals surface area contributed by atoms with Crippen molar-refractivity contribution < 1.29 is 13.2 Å². The van der Waals surface area contributed by atoms with Crippen molar-refractivity contribution in [3.05, 3.63) is 10.2 Å². The maximum Gasteiger partial charge on any atom is 0.254 e. The molecule has 0 saturated carbocycles. The van der Waals surface area contributed by atoms with Crippen molar-refractivity contribution >= 4 is 33.0 Å². The van der Waals surface area contributed by atoms with E-state index in [1.165, 1.54) is 18.5 Å². The monoisotopic (exact) mass is 298 g/mol. The normalized spacial score (nSPS) is 14.2. The van der Waals surface area contributed by atoms with Crippen LogP contribution in [0.4, 0.5) is 0 Å². The standard InChI is InChI=1S/C9H15ClN2O3S2/c1-6(5-15-4)12(3)17(13,14)8-7(2)11-9(10)16-8/h6H,5H2,1-4H3. The van der Waals surface area contributed by atoms with Gasteiger partial charge in [-0.2, -0.15) is 4.31 Å². The van der Waals surface area contributed by atoms with Crippen LogP contribution in [0.15, 0.2) is 4.21 Å². The lowest BCUT2D eigenvalue weighted by molar-refractivity contribution is 0.149. The number of aryl methyl sites for hydroxylation is 1. The third kappa shape index (κ3) is 3.17. The number of ether oxygens (including phenoxy) is 1. The Morgan fingerprint density at radius 1 is 1.59 bits per heavy atom. The van der Waals surface area contributed by atoms with Crippen molar-refractivity contribution in [3.63, 3.8) is 0 Å². The van der Waals surface area contributed by atoms with Crippen LogP contribution in [0, 0.1) is 6.92 Å². The molecule has 1 unspecified atom stereocenters. The van der Waals surface area contributed by atoms with Crippen LogP contribution in [-0.4, -0.2) is 44.5 Å². The van der Waals surface area contributed by atoms with Gasteiger partial charge in [-0.3, -0.25) is 0 Å². The molecule has 0 aliphatic heterocycles. The van der Waals surface area contributed by atoms with E-state index in [0.29, 0.717) is 12.3 Å². The van der Waals surface area contributed by atoms with Crippen LogP contribution in [0.25, 0.3) is 0 Å². The molecule has 98 valence electrons. The summed E-state index contributed by atoms with van der Waals surface area (Å²) in [5, 5.41) is 0. The number of thiazole rings is 1. The average Bonchev–Trinajstić information content (AvgIpc) is 2.57. The van der Waals surface area contributed by atoms with Crippen LogP contribution in [0.1, 0.15) is 12.6 Å². The Bertz CT molecular complexity index is 486. The summed E-state index contributed by atoms with van der Waals surface area (Å²) in [5.74, 6) is 0. The summed E-state index contributed by atoms with van der Waals surface area (Å²) in [5.41, 5.74) is 0.427. The highest BCUT2D eigenvalue weighted by Crippen LogP contribution is 2.29. The molecule has 0 N–H and O–H groups in total. The minimum Gasteiger partial charge on any atom is -0.383 e. The second-order valence-corrected chi connectivity index (χ2v) is 7.44. The quantitative estimate of drug-likeness (QED) is 0.831. The molecule has 17 heavy (non-hydrogen) atoms. The first-order valence-electron chi connectivity index (χ1n) is 4.90. The molecule has 0 bridgehead atoms. The van der Waals surface area contributed by atoms with Gasteiger partial charge >= 0.3 is 0 Å². The van der Waals surface area contributed by atoms with Gasteiger partial charge < -0.3 is 4.74 Å². The van der Waals surface area contributed by atoms with Gasteiger partial charge in [0, 0.05) is 20.2 Å². The molecule has 1 aromatic rings. The van der Waals surface area contributed by atoms with E-state index in [4.69, 9.17) is 16.3 Å². The smallest absolute Gasteiger partial charge is 0.254 e. The fourth-order valence-electron chi connectivity index (χ4n) is 1.30. The van der Waals surface area contributed by atoms with Gasteiger partial charge in [-0.05, 0) is 13.8 Å². The molecule has 0 amide bonds. The summed E-state index contributed by atoms with van der Waals surface area (Å²) >= 11 is 6.69. The third-order valence-corrected chi connectivity index (χ3v) is 6.19. The van der Waals surface area contributed by atoms with Gasteiger partial charge in [-0.1, -0.05) is 22.9 Å². The topological polar surface area (TPSA) is 59.5 Å². The zero-order valence-electron chi connectivity index (χ0n) is 10.1. The van der Waals surface area contributed by atoms with E-state index in [2.05, 4.69) is 4.98 Å². The molecule has 0 aliphatic rings. The first-order chi connectivity index (χ1) is 7.80. The van der Waals surface area contributed by atoms with Gasteiger partial charge in [0.15, 0.2) is 8.68 Å². The predicted molar refractivity (Wildman–Crippen MR) is 68.1 cm³/mol. The summed E-state index contributed by atoms with van der Waals surface area (Å²) in [7, 11) is -0.492. The first-order valence-corrected chi connectivity index (χ1v) is 7.54. The van der Waals surface area contributed by atoms with E-state index < -0.39 is 10.0 Å². The molecular formula is C9H15ClN2O3S2. The Morgan fingerprint density at radius 3 is 2.59 bits per heavy atom. The summed E-state index contributed by atoms with van der Waals surface area (Å²) < 4.78 is 31.2. The summed E-state index contributed by atoms with van der Waals surface area (Å²) in [6.07, 6.45) is 0. The fourth-order valence-corrected chi connectivity index (χ4v) is 4.55. The van der Waals surface area contributed by atoms with Crippen LogP contribution in [0.3, 0.4) is 0 Å². The Balaban J connectivity index is 3.07. The molecular weight excluding hydrogens is 284 g/mol. The molecule has 0 aromatic carbocycles. The van der Waals surface area contributed by atoms with Crippen molar-refractivity contribution in [2.45, 2.75) is 24.1 Å². The molecule has 0 fully saturated rings. The molecule has 1 aromatic heterocycles. The minimum absolute atomic E-state index is 0.188. The fraction of sp³-hybridized carbons (Fsp3) is 0.667. The number of nitrogens with zero attached hydrogens (tertiary/aromatic N) is 2. The Morgan fingerprint density at radius 2 is 2.18 bits per heavy atom. The Kier molecular flexibility index (Phi) is 4.91. The number of methoxy groups -OCH3 is 1. The molecule has 0 saturated heterocycles. The van der Waals surface area contributed by atoms with Crippen molar-refractivity contribution in [3.8, 4) is 0 Å². The highest BCUT2D eigenvalue weighted by molar-refractivity contribution is 7.91. The number of aromatic nitrogens is 1. The summed E-state index contributed by atoms with van der Waals surface area (Å²) in [6, 6.07) is -0.245. The minimum atomic E-state index is -3.55. The van der Waals surface area contributed by atoms with E-state index in [1.807, 2.05) is 0 Å². The molecule has 0 spiro atoms. The molecule has 5 nitrogen and oxygen atoms in total. The number of sulfonamides is 1. The molecule has 1 heterocycles. The first kappa shape index (κ1) is 14.8. The van der Waals surface area contributed by atoms with E-state index in [9.17, 15) is 8.42 Å². The maximum atomic E-state index is 12.3. The van der Waals surface area contributed by atoms with E-state index in [-0.39, 0.29) is 14.7 Å². The molecule has 1 rings (SSSR count). The molecule has 1 atom stereocenters. The van der Waals surface area contributed by atoms with E-state index in [1.54, 1.807) is 13.8 Å². The summed E-state index contributed by atoms with van der Waals surface area (Å²) in [6.45, 7) is 3.74. The zero-order chi connectivity index (χ0) is 13.2. The highest BCUT2D eigenvalue weighted by atomic mass is 35.5. The predicted octanol–water partition coefficient (Wildman–Crippen LogP) is 1.76. The lowest BCUT2D eigenvalue weighted by Gasteiger charge is -2.22. The highest BCUT2D eigenvalue weighted by Gasteiger charge is 2.29. The van der Waals surface area contributed by atoms with Crippen LogP contribution in [0.2, 0.25) is 4.47 Å². The molecule has 0 aliphatic carbocycles. The van der Waals surface area contributed by atoms with Gasteiger partial charge in [0.1, 0.15) is 0 Å². The Hall–Kier alpha value is -0.210. The van der Waals surface area contributed by atoms with Gasteiger partial charge in [-0.15, -0.1) is 0 Å². The second-order valence-electron chi connectivity index (χ2n) is 3.67. The maximum absolute atomic E-state index is 12.3. The lowest BCUT2D eigenvalue weighted by atomic mass is 10.4. The van der Waals surface area contributed by atoms with Gasteiger partial charge in [-0.25, -0.2) is 13.4 Å². The largest absolute Gasteiger partial charge is 0.383 e. The van der Waals surface area contributed by atoms with E-state index >= 15 is 0 Å². The Labute approximate surface area is 110 Å².